The standard InChI is InChI=1S/C15H22ClNO9/c1-7(18)22-6-11-13(23-8(2)19)14(24-9(3)20)12(17(5)16)15(26-11)25-10(4)21/h11-15H,6H2,1-5H3/t11-,12-,13-,14-,15-/m1/s1. The van der Waals surface area contributed by atoms with Crippen LogP contribution in [-0.2, 0) is 42.9 Å². The normalized spacial score (nSPS) is 28.2. The highest BCUT2D eigenvalue weighted by Crippen LogP contribution is 2.31. The molecular formula is C15H22ClNO9. The molecule has 0 aliphatic carbocycles. The van der Waals surface area contributed by atoms with Crippen molar-refractivity contribution in [3.05, 3.63) is 0 Å². The molecule has 1 saturated heterocycles. The van der Waals surface area contributed by atoms with Crippen molar-refractivity contribution < 1.29 is 42.9 Å². The van der Waals surface area contributed by atoms with Crippen LogP contribution in [0.2, 0.25) is 0 Å². The Hall–Kier alpha value is -1.91. The van der Waals surface area contributed by atoms with Crippen molar-refractivity contribution in [2.45, 2.75) is 58.3 Å². The van der Waals surface area contributed by atoms with Crippen LogP contribution in [-0.4, -0.2) is 72.6 Å². The predicted octanol–water partition coefficient (Wildman–Crippen LogP) is 0.155. The lowest BCUT2D eigenvalue weighted by atomic mass is 9.96. The SMILES string of the molecule is CC(=O)OC[C@H]1O[C@@H](OC(C)=O)[C@H](N(C)Cl)[C@@H](OC(C)=O)[C@@H]1OC(C)=O. The van der Waals surface area contributed by atoms with Gasteiger partial charge in [-0.3, -0.25) is 19.2 Å². The predicted molar refractivity (Wildman–Crippen MR) is 85.6 cm³/mol. The molecule has 0 unspecified atom stereocenters. The van der Waals surface area contributed by atoms with Crippen LogP contribution in [0.15, 0.2) is 0 Å². The fourth-order valence-corrected chi connectivity index (χ4v) is 2.72. The Kier molecular flexibility index (Phi) is 8.25. The van der Waals surface area contributed by atoms with Crippen molar-refractivity contribution in [3.8, 4) is 0 Å². The van der Waals surface area contributed by atoms with E-state index in [1.807, 2.05) is 0 Å². The Labute approximate surface area is 155 Å². The van der Waals surface area contributed by atoms with Gasteiger partial charge in [0.2, 0.25) is 6.29 Å². The van der Waals surface area contributed by atoms with E-state index in [1.54, 1.807) is 0 Å². The van der Waals surface area contributed by atoms with E-state index in [1.165, 1.54) is 14.0 Å². The third kappa shape index (κ3) is 6.43. The summed E-state index contributed by atoms with van der Waals surface area (Å²) in [5.74, 6) is -2.62. The van der Waals surface area contributed by atoms with Gasteiger partial charge in [-0.25, -0.2) is 4.42 Å². The van der Waals surface area contributed by atoms with Gasteiger partial charge >= 0.3 is 23.9 Å². The Morgan fingerprint density at radius 2 is 1.38 bits per heavy atom. The lowest BCUT2D eigenvalue weighted by Crippen LogP contribution is -2.65. The molecule has 1 fully saturated rings. The maximum atomic E-state index is 11.6. The van der Waals surface area contributed by atoms with Crippen LogP contribution in [0, 0.1) is 0 Å². The second-order valence-corrected chi connectivity index (χ2v) is 6.15. The van der Waals surface area contributed by atoms with Crippen LogP contribution in [0.4, 0.5) is 0 Å². The van der Waals surface area contributed by atoms with Crippen molar-refractivity contribution in [2.75, 3.05) is 13.7 Å². The summed E-state index contributed by atoms with van der Waals surface area (Å²) in [4.78, 5) is 45.6. The van der Waals surface area contributed by atoms with E-state index in [-0.39, 0.29) is 6.61 Å². The van der Waals surface area contributed by atoms with E-state index in [4.69, 9.17) is 35.5 Å². The fraction of sp³-hybridized carbons (Fsp3) is 0.733. The molecule has 0 spiro atoms. The lowest BCUT2D eigenvalue weighted by Gasteiger charge is -2.45. The zero-order chi connectivity index (χ0) is 20.0. The lowest BCUT2D eigenvalue weighted by molar-refractivity contribution is -0.278. The van der Waals surface area contributed by atoms with Crippen LogP contribution < -0.4 is 0 Å². The molecule has 0 aromatic heterocycles. The Morgan fingerprint density at radius 1 is 0.885 bits per heavy atom. The molecule has 1 aliphatic rings. The van der Waals surface area contributed by atoms with Crippen LogP contribution in [0.25, 0.3) is 0 Å². The summed E-state index contributed by atoms with van der Waals surface area (Å²) in [5, 5.41) is 0. The molecule has 0 radical (unpaired) electrons. The van der Waals surface area contributed by atoms with Gasteiger partial charge in [-0.05, 0) is 11.8 Å². The van der Waals surface area contributed by atoms with Gasteiger partial charge < -0.3 is 23.7 Å². The molecule has 1 rings (SSSR count). The highest BCUT2D eigenvalue weighted by atomic mass is 35.5. The average Bonchev–Trinajstić information content (AvgIpc) is 2.45. The van der Waals surface area contributed by atoms with Gasteiger partial charge in [0.15, 0.2) is 12.2 Å². The minimum absolute atomic E-state index is 0.318. The number of nitrogens with zero attached hydrogens (tertiary/aromatic N) is 1. The van der Waals surface area contributed by atoms with Crippen molar-refractivity contribution in [2.24, 2.45) is 0 Å². The first-order valence-corrected chi connectivity index (χ1v) is 8.05. The molecule has 148 valence electrons. The minimum atomic E-state index is -1.26. The van der Waals surface area contributed by atoms with Gasteiger partial charge in [0.25, 0.3) is 0 Å². The molecular weight excluding hydrogens is 374 g/mol. The van der Waals surface area contributed by atoms with Gasteiger partial charge in [0.1, 0.15) is 18.8 Å². The van der Waals surface area contributed by atoms with Gasteiger partial charge in [0, 0.05) is 34.7 Å². The van der Waals surface area contributed by atoms with Gasteiger partial charge in [-0.1, -0.05) is 0 Å². The zero-order valence-electron chi connectivity index (χ0n) is 15.1. The van der Waals surface area contributed by atoms with Crippen molar-refractivity contribution >= 4 is 35.7 Å². The second-order valence-electron chi connectivity index (χ2n) is 5.62. The largest absolute Gasteiger partial charge is 0.463 e. The summed E-state index contributed by atoms with van der Waals surface area (Å²) in [6.07, 6.45) is -4.60. The number of hydrogen-bond acceptors (Lipinski definition) is 10. The average molecular weight is 396 g/mol. The smallest absolute Gasteiger partial charge is 0.304 e. The minimum Gasteiger partial charge on any atom is -0.463 e. The third-order valence-electron chi connectivity index (χ3n) is 3.36. The first-order chi connectivity index (χ1) is 12.0. The number of likely N-dealkylation sites (N-methyl/N-ethyl adjacent to an activating group) is 1. The van der Waals surface area contributed by atoms with Crippen LogP contribution in [0.1, 0.15) is 27.7 Å². The van der Waals surface area contributed by atoms with Gasteiger partial charge in [-0.15, -0.1) is 0 Å². The summed E-state index contributed by atoms with van der Waals surface area (Å²) in [5.41, 5.74) is 0. The number of carbonyl (C=O) groups excluding carboxylic acids is 4. The molecule has 0 bridgehead atoms. The Morgan fingerprint density at radius 3 is 1.81 bits per heavy atom. The molecule has 0 aromatic carbocycles. The van der Waals surface area contributed by atoms with E-state index in [0.29, 0.717) is 0 Å². The molecule has 0 amide bonds. The number of esters is 4. The molecule has 1 aliphatic heterocycles. The van der Waals surface area contributed by atoms with E-state index < -0.39 is 54.5 Å². The van der Waals surface area contributed by atoms with Crippen molar-refractivity contribution in [1.29, 1.82) is 0 Å². The number of rotatable bonds is 6. The Bertz CT molecular complexity index is 553. The van der Waals surface area contributed by atoms with Crippen molar-refractivity contribution in [3.63, 3.8) is 0 Å². The molecule has 0 saturated carbocycles. The summed E-state index contributed by atoms with van der Waals surface area (Å²) in [7, 11) is 1.43. The third-order valence-corrected chi connectivity index (χ3v) is 3.59. The van der Waals surface area contributed by atoms with Crippen LogP contribution in [0.3, 0.4) is 0 Å². The van der Waals surface area contributed by atoms with Gasteiger partial charge in [0.05, 0.1) is 0 Å². The van der Waals surface area contributed by atoms with E-state index in [0.717, 1.165) is 25.2 Å². The summed E-state index contributed by atoms with van der Waals surface area (Å²) < 4.78 is 27.2. The topological polar surface area (TPSA) is 118 Å². The summed E-state index contributed by atoms with van der Waals surface area (Å²) >= 11 is 6.03. The first kappa shape index (κ1) is 22.1. The van der Waals surface area contributed by atoms with E-state index in [2.05, 4.69) is 0 Å². The number of halogens is 1. The second kappa shape index (κ2) is 9.70. The van der Waals surface area contributed by atoms with E-state index >= 15 is 0 Å². The van der Waals surface area contributed by atoms with Crippen molar-refractivity contribution in [1.82, 2.24) is 4.42 Å². The monoisotopic (exact) mass is 395 g/mol. The molecule has 0 N–H and O–H groups in total. The maximum Gasteiger partial charge on any atom is 0.304 e. The van der Waals surface area contributed by atoms with Gasteiger partial charge in [-0.2, -0.15) is 0 Å². The first-order valence-electron chi connectivity index (χ1n) is 7.72. The molecule has 0 aromatic rings. The molecule has 10 nitrogen and oxygen atoms in total. The quantitative estimate of drug-likeness (QED) is 0.349. The van der Waals surface area contributed by atoms with E-state index in [9.17, 15) is 19.2 Å². The maximum absolute atomic E-state index is 11.6. The molecule has 5 atom stereocenters. The Balaban J connectivity index is 3.26. The fourth-order valence-electron chi connectivity index (χ4n) is 2.52. The molecule has 26 heavy (non-hydrogen) atoms. The number of ether oxygens (including phenoxy) is 5. The van der Waals surface area contributed by atoms with Crippen LogP contribution in [0.5, 0.6) is 0 Å². The summed E-state index contributed by atoms with van der Waals surface area (Å²) in [6.45, 7) is 4.35. The number of hydrogen-bond donors (Lipinski definition) is 0. The molecule has 11 heteroatoms. The number of carbonyl (C=O) groups is 4. The van der Waals surface area contributed by atoms with Crippen LogP contribution >= 0.6 is 11.8 Å². The zero-order valence-corrected chi connectivity index (χ0v) is 15.8. The molecule has 1 heterocycles. The highest BCUT2D eigenvalue weighted by molar-refractivity contribution is 6.13. The highest BCUT2D eigenvalue weighted by Gasteiger charge is 2.53. The summed E-state index contributed by atoms with van der Waals surface area (Å²) in [6, 6.07) is -0.984.